The SMILES string of the molecule is CN=C(NCc1ccc(COCc2ccccc2)cc1)NCc1ccc(OC)cc1. The summed E-state index contributed by atoms with van der Waals surface area (Å²) in [6.45, 7) is 2.63. The van der Waals surface area contributed by atoms with E-state index in [9.17, 15) is 0 Å². The van der Waals surface area contributed by atoms with Gasteiger partial charge in [-0.25, -0.2) is 0 Å². The zero-order chi connectivity index (χ0) is 21.0. The van der Waals surface area contributed by atoms with Crippen LogP contribution in [0, 0.1) is 0 Å². The molecule has 0 spiro atoms. The molecule has 156 valence electrons. The van der Waals surface area contributed by atoms with Gasteiger partial charge in [0, 0.05) is 20.1 Å². The summed E-state index contributed by atoms with van der Waals surface area (Å²) >= 11 is 0. The average Bonchev–Trinajstić information content (AvgIpc) is 2.81. The van der Waals surface area contributed by atoms with E-state index in [-0.39, 0.29) is 0 Å². The maximum absolute atomic E-state index is 5.80. The van der Waals surface area contributed by atoms with E-state index in [1.807, 2.05) is 42.5 Å². The number of nitrogens with one attached hydrogen (secondary N) is 2. The van der Waals surface area contributed by atoms with Crippen LogP contribution in [0.1, 0.15) is 22.3 Å². The van der Waals surface area contributed by atoms with Crippen molar-refractivity contribution in [2.24, 2.45) is 4.99 Å². The van der Waals surface area contributed by atoms with Crippen LogP contribution in [0.4, 0.5) is 0 Å². The molecule has 0 unspecified atom stereocenters. The minimum absolute atomic E-state index is 0.605. The lowest BCUT2D eigenvalue weighted by Gasteiger charge is -2.13. The standard InChI is InChI=1S/C25H29N3O2/c1-26-25(28-17-21-12-14-24(29-2)15-13-21)27-16-20-8-10-23(11-9-20)19-30-18-22-6-4-3-5-7-22/h3-15H,16-19H2,1-2H3,(H2,26,27,28). The number of methoxy groups -OCH3 is 1. The first-order chi connectivity index (χ1) is 14.8. The quantitative estimate of drug-likeness (QED) is 0.414. The number of rotatable bonds is 9. The monoisotopic (exact) mass is 403 g/mol. The Balaban J connectivity index is 1.40. The van der Waals surface area contributed by atoms with Gasteiger partial charge in [-0.3, -0.25) is 4.99 Å². The second-order valence-electron chi connectivity index (χ2n) is 6.92. The number of nitrogens with zero attached hydrogens (tertiary/aromatic N) is 1. The van der Waals surface area contributed by atoms with Crippen molar-refractivity contribution in [3.05, 3.63) is 101 Å². The molecule has 0 aromatic heterocycles. The number of guanidine groups is 1. The summed E-state index contributed by atoms with van der Waals surface area (Å²) in [4.78, 5) is 4.29. The summed E-state index contributed by atoms with van der Waals surface area (Å²) < 4.78 is 11.0. The summed E-state index contributed by atoms with van der Waals surface area (Å²) in [5.41, 5.74) is 4.70. The molecule has 0 atom stereocenters. The van der Waals surface area contributed by atoms with Crippen molar-refractivity contribution < 1.29 is 9.47 Å². The van der Waals surface area contributed by atoms with Gasteiger partial charge in [0.2, 0.25) is 0 Å². The minimum Gasteiger partial charge on any atom is -0.497 e. The first-order valence-electron chi connectivity index (χ1n) is 10.0. The molecule has 0 fully saturated rings. The Labute approximate surface area is 178 Å². The topological polar surface area (TPSA) is 54.9 Å². The predicted molar refractivity (Wildman–Crippen MR) is 121 cm³/mol. The predicted octanol–water partition coefficient (Wildman–Crippen LogP) is 4.28. The molecule has 0 aliphatic carbocycles. The summed E-state index contributed by atoms with van der Waals surface area (Å²) in [6.07, 6.45) is 0. The van der Waals surface area contributed by atoms with Crippen LogP contribution in [0.25, 0.3) is 0 Å². The smallest absolute Gasteiger partial charge is 0.191 e. The Bertz CT molecular complexity index is 907. The van der Waals surface area contributed by atoms with Gasteiger partial charge in [0.05, 0.1) is 20.3 Å². The Hall–Kier alpha value is -3.31. The van der Waals surface area contributed by atoms with Crippen molar-refractivity contribution in [2.75, 3.05) is 14.2 Å². The highest BCUT2D eigenvalue weighted by Gasteiger charge is 2.01. The molecule has 3 rings (SSSR count). The van der Waals surface area contributed by atoms with Crippen LogP contribution < -0.4 is 15.4 Å². The third kappa shape index (κ3) is 6.94. The second-order valence-corrected chi connectivity index (χ2v) is 6.92. The third-order valence-electron chi connectivity index (χ3n) is 4.71. The number of ether oxygens (including phenoxy) is 2. The number of hydrogen-bond acceptors (Lipinski definition) is 3. The Kier molecular flexibility index (Phi) is 8.30. The molecule has 0 aliphatic rings. The van der Waals surface area contributed by atoms with Crippen LogP contribution >= 0.6 is 0 Å². The van der Waals surface area contributed by atoms with E-state index in [1.54, 1.807) is 14.2 Å². The van der Waals surface area contributed by atoms with E-state index in [2.05, 4.69) is 52.0 Å². The van der Waals surface area contributed by atoms with Crippen LogP contribution in [-0.4, -0.2) is 20.1 Å². The van der Waals surface area contributed by atoms with Crippen LogP contribution in [0.5, 0.6) is 5.75 Å². The molecule has 0 amide bonds. The van der Waals surface area contributed by atoms with Crippen LogP contribution in [0.15, 0.2) is 83.9 Å². The van der Waals surface area contributed by atoms with Crippen LogP contribution in [0.2, 0.25) is 0 Å². The molecule has 5 heteroatoms. The van der Waals surface area contributed by atoms with Crippen LogP contribution in [-0.2, 0) is 31.0 Å². The lowest BCUT2D eigenvalue weighted by atomic mass is 10.1. The van der Waals surface area contributed by atoms with Gasteiger partial charge in [-0.05, 0) is 34.4 Å². The zero-order valence-corrected chi connectivity index (χ0v) is 17.6. The fraction of sp³-hybridized carbons (Fsp3) is 0.240. The van der Waals surface area contributed by atoms with Crippen molar-refractivity contribution in [3.63, 3.8) is 0 Å². The zero-order valence-electron chi connectivity index (χ0n) is 17.6. The van der Waals surface area contributed by atoms with Gasteiger partial charge in [-0.2, -0.15) is 0 Å². The highest BCUT2D eigenvalue weighted by atomic mass is 16.5. The van der Waals surface area contributed by atoms with Gasteiger partial charge in [0.15, 0.2) is 5.96 Å². The molecule has 2 N–H and O–H groups in total. The molecule has 5 nitrogen and oxygen atoms in total. The van der Waals surface area contributed by atoms with E-state index in [1.165, 1.54) is 16.7 Å². The lowest BCUT2D eigenvalue weighted by Crippen LogP contribution is -2.36. The molecule has 30 heavy (non-hydrogen) atoms. The Morgan fingerprint density at radius 3 is 1.73 bits per heavy atom. The number of hydrogen-bond donors (Lipinski definition) is 2. The Morgan fingerprint density at radius 2 is 1.20 bits per heavy atom. The maximum Gasteiger partial charge on any atom is 0.191 e. The second kappa shape index (κ2) is 11.6. The first-order valence-corrected chi connectivity index (χ1v) is 10.0. The van der Waals surface area contributed by atoms with Gasteiger partial charge in [-0.15, -0.1) is 0 Å². The molecule has 0 saturated heterocycles. The third-order valence-corrected chi connectivity index (χ3v) is 4.71. The van der Waals surface area contributed by atoms with Gasteiger partial charge in [-0.1, -0.05) is 66.7 Å². The van der Waals surface area contributed by atoms with Crippen LogP contribution in [0.3, 0.4) is 0 Å². The molecule has 0 bridgehead atoms. The summed E-state index contributed by atoms with van der Waals surface area (Å²) in [7, 11) is 3.44. The highest BCUT2D eigenvalue weighted by Crippen LogP contribution is 2.11. The fourth-order valence-corrected chi connectivity index (χ4v) is 2.95. The van der Waals surface area contributed by atoms with E-state index in [0.29, 0.717) is 26.3 Å². The van der Waals surface area contributed by atoms with Crippen molar-refractivity contribution in [3.8, 4) is 5.75 Å². The number of benzene rings is 3. The molecular weight excluding hydrogens is 374 g/mol. The maximum atomic E-state index is 5.80. The first kappa shape index (κ1) is 21.4. The van der Waals surface area contributed by atoms with Crippen molar-refractivity contribution >= 4 is 5.96 Å². The normalized spacial score (nSPS) is 11.2. The van der Waals surface area contributed by atoms with Gasteiger partial charge in [0.1, 0.15) is 5.75 Å². The molecule has 0 saturated carbocycles. The fourth-order valence-electron chi connectivity index (χ4n) is 2.95. The number of aliphatic imine (C=N–C) groups is 1. The largest absolute Gasteiger partial charge is 0.497 e. The molecule has 0 radical (unpaired) electrons. The van der Waals surface area contributed by atoms with Crippen molar-refractivity contribution in [1.82, 2.24) is 10.6 Å². The van der Waals surface area contributed by atoms with Gasteiger partial charge >= 0.3 is 0 Å². The molecular formula is C25H29N3O2. The molecule has 3 aromatic rings. The average molecular weight is 404 g/mol. The van der Waals surface area contributed by atoms with Gasteiger partial charge in [0.25, 0.3) is 0 Å². The highest BCUT2D eigenvalue weighted by molar-refractivity contribution is 5.79. The van der Waals surface area contributed by atoms with E-state index in [4.69, 9.17) is 9.47 Å². The van der Waals surface area contributed by atoms with Gasteiger partial charge < -0.3 is 20.1 Å². The van der Waals surface area contributed by atoms with E-state index < -0.39 is 0 Å². The van der Waals surface area contributed by atoms with Crippen molar-refractivity contribution in [1.29, 1.82) is 0 Å². The lowest BCUT2D eigenvalue weighted by molar-refractivity contribution is 0.107. The summed E-state index contributed by atoms with van der Waals surface area (Å²) in [6, 6.07) is 26.7. The molecule has 0 heterocycles. The minimum atomic E-state index is 0.605. The summed E-state index contributed by atoms with van der Waals surface area (Å²) in [5, 5.41) is 6.67. The van der Waals surface area contributed by atoms with Crippen molar-refractivity contribution in [2.45, 2.75) is 26.3 Å². The molecule has 3 aromatic carbocycles. The van der Waals surface area contributed by atoms with E-state index in [0.717, 1.165) is 17.3 Å². The summed E-state index contributed by atoms with van der Waals surface area (Å²) in [5.74, 6) is 1.62. The molecule has 0 aliphatic heterocycles. The van der Waals surface area contributed by atoms with E-state index >= 15 is 0 Å². The Morgan fingerprint density at radius 1 is 0.700 bits per heavy atom.